The molecule has 0 spiro atoms. The normalized spacial score (nSPS) is 13.6. The van der Waals surface area contributed by atoms with Gasteiger partial charge in [-0.05, 0) is 37.0 Å². The van der Waals surface area contributed by atoms with Crippen molar-refractivity contribution in [1.29, 1.82) is 0 Å². The Bertz CT molecular complexity index is 385. The topological polar surface area (TPSA) is 35.2 Å². The minimum atomic E-state index is -4.67. The van der Waals surface area contributed by atoms with E-state index < -0.39 is 16.4 Å². The molecule has 6 heteroatoms. The number of hydrogen-bond acceptors (Lipinski definition) is 2. The standard InChI is InChI=1S/C10H14F3NOS/c1-16(2,3)9-6-7(4-5-8(9)14)15-10(11,12)13/h4-6H,14H2,1-3H3. The summed E-state index contributed by atoms with van der Waals surface area (Å²) >= 11 is 0. The van der Waals surface area contributed by atoms with E-state index in [0.29, 0.717) is 10.6 Å². The molecule has 92 valence electrons. The molecule has 16 heavy (non-hydrogen) atoms. The second-order valence-electron chi connectivity index (χ2n) is 4.08. The van der Waals surface area contributed by atoms with E-state index in [1.54, 1.807) is 0 Å². The van der Waals surface area contributed by atoms with Crippen LogP contribution < -0.4 is 10.5 Å². The lowest BCUT2D eigenvalue weighted by atomic mass is 10.3. The molecule has 0 heterocycles. The zero-order valence-electron chi connectivity index (χ0n) is 9.26. The Morgan fingerprint density at radius 3 is 2.19 bits per heavy atom. The number of ether oxygens (including phenoxy) is 1. The monoisotopic (exact) mass is 253 g/mol. The molecular formula is C10H14F3NOS. The van der Waals surface area contributed by atoms with E-state index in [4.69, 9.17) is 5.73 Å². The van der Waals surface area contributed by atoms with Crippen LogP contribution in [0.4, 0.5) is 18.9 Å². The first kappa shape index (κ1) is 13.0. The minimum absolute atomic E-state index is 0.223. The van der Waals surface area contributed by atoms with Crippen LogP contribution in [0.5, 0.6) is 5.75 Å². The molecule has 1 aromatic carbocycles. The summed E-state index contributed by atoms with van der Waals surface area (Å²) in [4.78, 5) is 0.717. The molecule has 2 N–H and O–H groups in total. The Balaban J connectivity index is 3.09. The van der Waals surface area contributed by atoms with Crippen molar-refractivity contribution in [2.24, 2.45) is 0 Å². The maximum Gasteiger partial charge on any atom is 0.573 e. The average Bonchev–Trinajstić information content (AvgIpc) is 2.04. The van der Waals surface area contributed by atoms with E-state index in [1.807, 2.05) is 18.8 Å². The van der Waals surface area contributed by atoms with Crippen LogP contribution in [0.3, 0.4) is 0 Å². The number of nitrogen functional groups attached to an aromatic ring is 1. The van der Waals surface area contributed by atoms with Gasteiger partial charge in [-0.1, -0.05) is 0 Å². The van der Waals surface area contributed by atoms with Gasteiger partial charge in [-0.15, -0.1) is 13.2 Å². The first-order chi connectivity index (χ1) is 7.09. The van der Waals surface area contributed by atoms with Gasteiger partial charge in [0.25, 0.3) is 0 Å². The van der Waals surface area contributed by atoms with Crippen molar-refractivity contribution in [1.82, 2.24) is 0 Å². The molecule has 0 radical (unpaired) electrons. The van der Waals surface area contributed by atoms with Crippen LogP contribution in [0.1, 0.15) is 0 Å². The second kappa shape index (κ2) is 4.08. The van der Waals surface area contributed by atoms with Gasteiger partial charge in [-0.3, -0.25) is 0 Å². The van der Waals surface area contributed by atoms with Crippen molar-refractivity contribution in [3.63, 3.8) is 0 Å². The summed E-state index contributed by atoms with van der Waals surface area (Å²) < 4.78 is 39.9. The number of halogens is 3. The molecule has 0 atom stereocenters. The molecule has 0 unspecified atom stereocenters. The SMILES string of the molecule is CS(C)(C)c1cc(OC(F)(F)F)ccc1N. The Labute approximate surface area is 93.9 Å². The van der Waals surface area contributed by atoms with Crippen LogP contribution in [-0.2, 0) is 0 Å². The fourth-order valence-electron chi connectivity index (χ4n) is 1.24. The Morgan fingerprint density at radius 1 is 1.19 bits per heavy atom. The van der Waals surface area contributed by atoms with Crippen molar-refractivity contribution in [2.75, 3.05) is 24.5 Å². The fourth-order valence-corrected chi connectivity index (χ4v) is 2.49. The highest BCUT2D eigenvalue weighted by atomic mass is 32.3. The third kappa shape index (κ3) is 3.52. The quantitative estimate of drug-likeness (QED) is 0.821. The Kier molecular flexibility index (Phi) is 3.33. The third-order valence-corrected chi connectivity index (χ3v) is 3.55. The Morgan fingerprint density at radius 2 is 1.75 bits per heavy atom. The van der Waals surface area contributed by atoms with E-state index in [0.717, 1.165) is 0 Å². The van der Waals surface area contributed by atoms with Gasteiger partial charge >= 0.3 is 6.36 Å². The van der Waals surface area contributed by atoms with Gasteiger partial charge in [0, 0.05) is 10.6 Å². The summed E-state index contributed by atoms with van der Waals surface area (Å²) in [5.41, 5.74) is 6.22. The predicted molar refractivity (Wildman–Crippen MR) is 61.2 cm³/mol. The fraction of sp³-hybridized carbons (Fsp3) is 0.400. The van der Waals surface area contributed by atoms with Gasteiger partial charge in [0.2, 0.25) is 0 Å². The maximum atomic E-state index is 12.0. The van der Waals surface area contributed by atoms with Crippen molar-refractivity contribution >= 4 is 15.7 Å². The number of alkyl halides is 3. The summed E-state index contributed by atoms with van der Waals surface area (Å²) in [7, 11) is -1.18. The van der Waals surface area contributed by atoms with E-state index in [2.05, 4.69) is 4.74 Å². The van der Waals surface area contributed by atoms with Gasteiger partial charge in [0.15, 0.2) is 0 Å². The molecule has 0 fully saturated rings. The average molecular weight is 253 g/mol. The highest BCUT2D eigenvalue weighted by Crippen LogP contribution is 2.49. The summed E-state index contributed by atoms with van der Waals surface area (Å²) in [5.74, 6) is -0.223. The molecule has 0 aliphatic heterocycles. The predicted octanol–water partition coefficient (Wildman–Crippen LogP) is 3.22. The molecule has 1 rings (SSSR count). The molecular weight excluding hydrogens is 239 g/mol. The molecule has 1 aromatic rings. The molecule has 0 aliphatic rings. The number of nitrogens with two attached hydrogens (primary N) is 1. The third-order valence-electron chi connectivity index (χ3n) is 1.88. The van der Waals surface area contributed by atoms with Crippen molar-refractivity contribution in [3.05, 3.63) is 18.2 Å². The first-order valence-electron chi connectivity index (χ1n) is 4.43. The molecule has 0 aliphatic carbocycles. The Hall–Kier alpha value is -1.04. The van der Waals surface area contributed by atoms with Gasteiger partial charge in [-0.2, -0.15) is 0 Å². The molecule has 0 saturated carbocycles. The first-order valence-corrected chi connectivity index (χ1v) is 7.29. The molecule has 0 aromatic heterocycles. The summed E-state index contributed by atoms with van der Waals surface area (Å²) in [6, 6.07) is 4.02. The number of hydrogen-bond donors (Lipinski definition) is 1. The van der Waals surface area contributed by atoms with Crippen molar-refractivity contribution in [3.8, 4) is 5.75 Å². The van der Waals surface area contributed by atoms with Crippen LogP contribution >= 0.6 is 10.0 Å². The summed E-state index contributed by atoms with van der Waals surface area (Å²) in [6.45, 7) is 0. The van der Waals surface area contributed by atoms with Gasteiger partial charge < -0.3 is 10.5 Å². The van der Waals surface area contributed by atoms with Crippen LogP contribution in [0, 0.1) is 0 Å². The van der Waals surface area contributed by atoms with Crippen LogP contribution in [0.15, 0.2) is 23.1 Å². The zero-order chi connectivity index (χ0) is 12.6. The van der Waals surface area contributed by atoms with Crippen LogP contribution in [-0.4, -0.2) is 25.1 Å². The highest BCUT2D eigenvalue weighted by molar-refractivity contribution is 8.32. The maximum absolute atomic E-state index is 12.0. The molecule has 0 saturated heterocycles. The molecule has 2 nitrogen and oxygen atoms in total. The second-order valence-corrected chi connectivity index (χ2v) is 8.20. The van der Waals surface area contributed by atoms with Crippen molar-refractivity contribution < 1.29 is 17.9 Å². The van der Waals surface area contributed by atoms with Gasteiger partial charge in [0.1, 0.15) is 5.75 Å². The number of benzene rings is 1. The van der Waals surface area contributed by atoms with Gasteiger partial charge in [-0.25, -0.2) is 10.0 Å². The summed E-state index contributed by atoms with van der Waals surface area (Å²) in [5, 5.41) is 0. The van der Waals surface area contributed by atoms with E-state index in [1.165, 1.54) is 18.2 Å². The lowest BCUT2D eigenvalue weighted by molar-refractivity contribution is -0.274. The lowest BCUT2D eigenvalue weighted by Crippen LogP contribution is -2.17. The largest absolute Gasteiger partial charge is 0.573 e. The number of anilines is 1. The van der Waals surface area contributed by atoms with E-state index in [9.17, 15) is 13.2 Å². The van der Waals surface area contributed by atoms with E-state index >= 15 is 0 Å². The zero-order valence-corrected chi connectivity index (χ0v) is 10.1. The highest BCUT2D eigenvalue weighted by Gasteiger charge is 2.31. The van der Waals surface area contributed by atoms with Crippen molar-refractivity contribution in [2.45, 2.75) is 11.3 Å². The molecule has 0 bridgehead atoms. The van der Waals surface area contributed by atoms with E-state index in [-0.39, 0.29) is 5.75 Å². The lowest BCUT2D eigenvalue weighted by Gasteiger charge is -2.27. The molecule has 0 amide bonds. The van der Waals surface area contributed by atoms with Crippen LogP contribution in [0.25, 0.3) is 0 Å². The number of rotatable bonds is 2. The smallest absolute Gasteiger partial charge is 0.406 e. The van der Waals surface area contributed by atoms with Gasteiger partial charge in [0.05, 0.1) is 0 Å². The van der Waals surface area contributed by atoms with Crippen LogP contribution in [0.2, 0.25) is 0 Å². The summed E-state index contributed by atoms with van der Waals surface area (Å²) in [6.07, 6.45) is 1.20. The minimum Gasteiger partial charge on any atom is -0.406 e.